The molecule has 0 bridgehead atoms. The van der Waals surface area contributed by atoms with Crippen molar-refractivity contribution < 1.29 is 9.53 Å². The van der Waals surface area contributed by atoms with Crippen LogP contribution in [0.4, 0.5) is 0 Å². The van der Waals surface area contributed by atoms with Crippen LogP contribution < -0.4 is 5.32 Å². The SMILES string of the molecule is CCNC(=NCC(C)C)N1CCCC(C(=O)OCC)C1.I. The molecular weight excluding hydrogens is 381 g/mol. The van der Waals surface area contributed by atoms with Crippen LogP contribution in [-0.2, 0) is 9.53 Å². The van der Waals surface area contributed by atoms with Crippen LogP contribution in [-0.4, -0.2) is 49.6 Å². The minimum atomic E-state index is -0.0723. The number of nitrogens with zero attached hydrogens (tertiary/aromatic N) is 2. The van der Waals surface area contributed by atoms with E-state index in [1.54, 1.807) is 0 Å². The zero-order chi connectivity index (χ0) is 15.0. The lowest BCUT2D eigenvalue weighted by molar-refractivity contribution is -0.149. The Labute approximate surface area is 145 Å². The number of carbonyl (C=O) groups is 1. The van der Waals surface area contributed by atoms with E-state index in [9.17, 15) is 4.79 Å². The molecule has 0 amide bonds. The molecule has 1 fully saturated rings. The maximum atomic E-state index is 11.9. The fourth-order valence-electron chi connectivity index (χ4n) is 2.32. The molecule has 1 heterocycles. The van der Waals surface area contributed by atoms with E-state index < -0.39 is 0 Å². The number of rotatable bonds is 5. The predicted molar refractivity (Wildman–Crippen MR) is 97.2 cm³/mol. The third-order valence-corrected chi connectivity index (χ3v) is 3.28. The molecule has 0 spiro atoms. The van der Waals surface area contributed by atoms with E-state index in [0.717, 1.165) is 38.4 Å². The summed E-state index contributed by atoms with van der Waals surface area (Å²) >= 11 is 0. The first kappa shape index (κ1) is 20.5. The highest BCUT2D eigenvalue weighted by molar-refractivity contribution is 14.0. The normalized spacial score (nSPS) is 19.2. The molecule has 0 aromatic heterocycles. The Balaban J connectivity index is 0.00000400. The van der Waals surface area contributed by atoms with Crippen molar-refractivity contribution in [2.24, 2.45) is 16.8 Å². The minimum absolute atomic E-state index is 0. The molecule has 1 aliphatic heterocycles. The van der Waals surface area contributed by atoms with Crippen LogP contribution in [0.2, 0.25) is 0 Å². The number of guanidine groups is 1. The van der Waals surface area contributed by atoms with Gasteiger partial charge in [-0.1, -0.05) is 13.8 Å². The fraction of sp³-hybridized carbons (Fsp3) is 0.867. The van der Waals surface area contributed by atoms with Crippen molar-refractivity contribution in [2.75, 3.05) is 32.8 Å². The number of carbonyl (C=O) groups excluding carboxylic acids is 1. The van der Waals surface area contributed by atoms with Gasteiger partial charge in [0.2, 0.25) is 0 Å². The van der Waals surface area contributed by atoms with Gasteiger partial charge in [-0.2, -0.15) is 0 Å². The van der Waals surface area contributed by atoms with Crippen LogP contribution in [0.5, 0.6) is 0 Å². The summed E-state index contributed by atoms with van der Waals surface area (Å²) in [5.41, 5.74) is 0. The molecule has 1 rings (SSSR count). The lowest BCUT2D eigenvalue weighted by atomic mass is 9.98. The van der Waals surface area contributed by atoms with E-state index in [4.69, 9.17) is 4.74 Å². The van der Waals surface area contributed by atoms with E-state index in [2.05, 4.69) is 36.0 Å². The first-order chi connectivity index (χ1) is 9.58. The highest BCUT2D eigenvalue weighted by Gasteiger charge is 2.28. The molecule has 1 aliphatic rings. The molecule has 0 saturated carbocycles. The van der Waals surface area contributed by atoms with Gasteiger partial charge in [0.15, 0.2) is 5.96 Å². The second-order valence-corrected chi connectivity index (χ2v) is 5.63. The van der Waals surface area contributed by atoms with Gasteiger partial charge in [-0.25, -0.2) is 0 Å². The van der Waals surface area contributed by atoms with Crippen molar-refractivity contribution in [1.29, 1.82) is 0 Å². The second kappa shape index (κ2) is 11.1. The lowest BCUT2D eigenvalue weighted by Gasteiger charge is -2.34. The Morgan fingerprint density at radius 2 is 2.14 bits per heavy atom. The van der Waals surface area contributed by atoms with Gasteiger partial charge < -0.3 is 15.0 Å². The first-order valence-corrected chi connectivity index (χ1v) is 7.78. The predicted octanol–water partition coefficient (Wildman–Crippen LogP) is 2.50. The number of hydrogen-bond acceptors (Lipinski definition) is 3. The molecule has 1 atom stereocenters. The highest BCUT2D eigenvalue weighted by atomic mass is 127. The van der Waals surface area contributed by atoms with Crippen molar-refractivity contribution in [3.05, 3.63) is 0 Å². The summed E-state index contributed by atoms with van der Waals surface area (Å²) in [4.78, 5) is 18.7. The Morgan fingerprint density at radius 1 is 1.43 bits per heavy atom. The zero-order valence-corrected chi connectivity index (χ0v) is 16.1. The number of likely N-dealkylation sites (tertiary alicyclic amines) is 1. The van der Waals surface area contributed by atoms with Gasteiger partial charge in [0.05, 0.1) is 12.5 Å². The second-order valence-electron chi connectivity index (χ2n) is 5.63. The number of halogens is 1. The average Bonchev–Trinajstić information content (AvgIpc) is 2.43. The monoisotopic (exact) mass is 411 g/mol. The smallest absolute Gasteiger partial charge is 0.310 e. The molecule has 0 aromatic carbocycles. The lowest BCUT2D eigenvalue weighted by Crippen LogP contribution is -2.48. The quantitative estimate of drug-likeness (QED) is 0.327. The van der Waals surface area contributed by atoms with E-state index in [1.807, 2.05) is 6.92 Å². The van der Waals surface area contributed by atoms with Crippen LogP contribution >= 0.6 is 24.0 Å². The van der Waals surface area contributed by atoms with Crippen molar-refractivity contribution >= 4 is 35.9 Å². The Hall–Kier alpha value is -0.530. The van der Waals surface area contributed by atoms with Gasteiger partial charge in [0.25, 0.3) is 0 Å². The molecule has 6 heteroatoms. The van der Waals surface area contributed by atoms with Crippen molar-refractivity contribution in [2.45, 2.75) is 40.5 Å². The fourth-order valence-corrected chi connectivity index (χ4v) is 2.32. The van der Waals surface area contributed by atoms with E-state index in [-0.39, 0.29) is 35.9 Å². The number of piperidine rings is 1. The number of ether oxygens (including phenoxy) is 1. The van der Waals surface area contributed by atoms with Gasteiger partial charge in [0.1, 0.15) is 0 Å². The summed E-state index contributed by atoms with van der Waals surface area (Å²) in [7, 11) is 0. The van der Waals surface area contributed by atoms with Crippen LogP contribution in [0.1, 0.15) is 40.5 Å². The zero-order valence-electron chi connectivity index (χ0n) is 13.7. The van der Waals surface area contributed by atoms with Crippen LogP contribution in [0, 0.1) is 11.8 Å². The average molecular weight is 411 g/mol. The maximum absolute atomic E-state index is 11.9. The number of nitrogens with one attached hydrogen (secondary N) is 1. The molecule has 1 N–H and O–H groups in total. The Bertz CT molecular complexity index is 335. The van der Waals surface area contributed by atoms with Gasteiger partial charge in [0, 0.05) is 26.2 Å². The molecule has 1 unspecified atom stereocenters. The van der Waals surface area contributed by atoms with Crippen LogP contribution in [0.25, 0.3) is 0 Å². The van der Waals surface area contributed by atoms with Gasteiger partial charge in [-0.05, 0) is 32.6 Å². The number of hydrogen-bond donors (Lipinski definition) is 1. The Morgan fingerprint density at radius 3 is 2.71 bits per heavy atom. The van der Waals surface area contributed by atoms with Crippen LogP contribution in [0.3, 0.4) is 0 Å². The van der Waals surface area contributed by atoms with E-state index in [1.165, 1.54) is 0 Å². The third kappa shape index (κ3) is 7.33. The van der Waals surface area contributed by atoms with Gasteiger partial charge in [-0.3, -0.25) is 9.79 Å². The van der Waals surface area contributed by atoms with Crippen molar-refractivity contribution in [3.8, 4) is 0 Å². The highest BCUT2D eigenvalue weighted by Crippen LogP contribution is 2.18. The summed E-state index contributed by atoms with van der Waals surface area (Å²) in [6.45, 7) is 12.0. The van der Waals surface area contributed by atoms with Gasteiger partial charge in [-0.15, -0.1) is 24.0 Å². The summed E-state index contributed by atoms with van der Waals surface area (Å²) in [6.07, 6.45) is 1.93. The number of aliphatic imine (C=N–C) groups is 1. The summed E-state index contributed by atoms with van der Waals surface area (Å²) in [5, 5.41) is 3.32. The van der Waals surface area contributed by atoms with Crippen molar-refractivity contribution in [3.63, 3.8) is 0 Å². The largest absolute Gasteiger partial charge is 0.466 e. The maximum Gasteiger partial charge on any atom is 0.310 e. The summed E-state index contributed by atoms with van der Waals surface area (Å²) in [5.74, 6) is 1.37. The van der Waals surface area contributed by atoms with Crippen molar-refractivity contribution in [1.82, 2.24) is 10.2 Å². The molecule has 0 radical (unpaired) electrons. The summed E-state index contributed by atoms with van der Waals surface area (Å²) in [6, 6.07) is 0. The molecule has 124 valence electrons. The van der Waals surface area contributed by atoms with Crippen LogP contribution in [0.15, 0.2) is 4.99 Å². The molecule has 21 heavy (non-hydrogen) atoms. The number of esters is 1. The van der Waals surface area contributed by atoms with Gasteiger partial charge >= 0.3 is 5.97 Å². The molecular formula is C15H30IN3O2. The standard InChI is InChI=1S/C15H29N3O2.HI/c1-5-16-15(17-10-12(3)4)18-9-7-8-13(11-18)14(19)20-6-2;/h12-13H,5-11H2,1-4H3,(H,16,17);1H. The molecule has 5 nitrogen and oxygen atoms in total. The minimum Gasteiger partial charge on any atom is -0.466 e. The molecule has 0 aromatic rings. The third-order valence-electron chi connectivity index (χ3n) is 3.28. The first-order valence-electron chi connectivity index (χ1n) is 7.78. The van der Waals surface area contributed by atoms with E-state index >= 15 is 0 Å². The van der Waals surface area contributed by atoms with E-state index in [0.29, 0.717) is 19.1 Å². The summed E-state index contributed by atoms with van der Waals surface area (Å²) < 4.78 is 5.14. The topological polar surface area (TPSA) is 53.9 Å². The molecule has 1 saturated heterocycles. The Kier molecular flexibility index (Phi) is 10.8. The molecule has 0 aliphatic carbocycles.